The number of hydrogen-bond donors (Lipinski definition) is 0. The molecule has 0 aromatic heterocycles. The Labute approximate surface area is 164 Å². The van der Waals surface area contributed by atoms with Crippen LogP contribution in [-0.2, 0) is 4.79 Å². The number of amides is 2. The van der Waals surface area contributed by atoms with Crippen LogP contribution < -0.4 is 4.90 Å². The molecule has 0 saturated carbocycles. The minimum Gasteiger partial charge on any atom is -0.335 e. The van der Waals surface area contributed by atoms with Gasteiger partial charge in [0, 0.05) is 43.9 Å². The van der Waals surface area contributed by atoms with Gasteiger partial charge >= 0.3 is 0 Å². The monoisotopic (exact) mass is 381 g/mol. The first kappa shape index (κ1) is 18.6. The van der Waals surface area contributed by atoms with E-state index in [-0.39, 0.29) is 23.7 Å². The summed E-state index contributed by atoms with van der Waals surface area (Å²) in [6.45, 7) is 2.71. The summed E-state index contributed by atoms with van der Waals surface area (Å²) >= 11 is 0. The summed E-state index contributed by atoms with van der Waals surface area (Å²) in [5, 5.41) is 0. The van der Waals surface area contributed by atoms with Crippen LogP contribution in [0.15, 0.2) is 48.5 Å². The Balaban J connectivity index is 1.48. The van der Waals surface area contributed by atoms with Gasteiger partial charge in [-0.2, -0.15) is 0 Å². The molecule has 2 saturated heterocycles. The summed E-state index contributed by atoms with van der Waals surface area (Å²) < 4.78 is 13.2. The number of halogens is 1. The van der Waals surface area contributed by atoms with E-state index in [1.54, 1.807) is 29.2 Å². The third-order valence-electron chi connectivity index (χ3n) is 5.69. The summed E-state index contributed by atoms with van der Waals surface area (Å²) in [5.74, 6) is -0.133. The molecule has 146 valence electrons. The molecule has 0 N–H and O–H groups in total. The van der Waals surface area contributed by atoms with Crippen LogP contribution in [0, 0.1) is 5.82 Å². The molecule has 6 heteroatoms. The fourth-order valence-corrected chi connectivity index (χ4v) is 3.99. The standard InChI is InChI=1S/C22H24FN3O2/c1-24-13-14-25(15-20(24)16-4-8-18(23)9-5-16)22(28)17-6-10-19(11-7-17)26-12-2-3-21(26)27/h4-11,20H,2-3,12-15H2,1H3. The predicted molar refractivity (Wildman–Crippen MR) is 106 cm³/mol. The van der Waals surface area contributed by atoms with Crippen LogP contribution in [0.3, 0.4) is 0 Å². The van der Waals surface area contributed by atoms with Gasteiger partial charge in [0.25, 0.3) is 5.91 Å². The summed E-state index contributed by atoms with van der Waals surface area (Å²) in [6, 6.07) is 13.8. The maximum atomic E-state index is 13.2. The highest BCUT2D eigenvalue weighted by Crippen LogP contribution is 2.26. The average Bonchev–Trinajstić information content (AvgIpc) is 3.15. The number of benzene rings is 2. The minimum absolute atomic E-state index is 0.0143. The Bertz CT molecular complexity index is 866. The smallest absolute Gasteiger partial charge is 0.253 e. The molecule has 2 aromatic rings. The molecule has 4 rings (SSSR count). The van der Waals surface area contributed by atoms with E-state index in [1.165, 1.54) is 12.1 Å². The van der Waals surface area contributed by atoms with Crippen molar-refractivity contribution in [2.75, 3.05) is 38.1 Å². The van der Waals surface area contributed by atoms with E-state index < -0.39 is 0 Å². The molecular weight excluding hydrogens is 357 g/mol. The Kier molecular flexibility index (Phi) is 5.13. The molecule has 0 aliphatic carbocycles. The summed E-state index contributed by atoms with van der Waals surface area (Å²) in [4.78, 5) is 30.7. The molecule has 1 unspecified atom stereocenters. The normalized spacial score (nSPS) is 20.6. The SMILES string of the molecule is CN1CCN(C(=O)c2ccc(N3CCCC3=O)cc2)CC1c1ccc(F)cc1. The van der Waals surface area contributed by atoms with Crippen molar-refractivity contribution < 1.29 is 14.0 Å². The number of piperazine rings is 1. The molecule has 2 aliphatic heterocycles. The summed E-state index contributed by atoms with van der Waals surface area (Å²) in [7, 11) is 2.03. The Morgan fingerprint density at radius 1 is 1.00 bits per heavy atom. The fraction of sp³-hybridized carbons (Fsp3) is 0.364. The molecule has 2 heterocycles. The van der Waals surface area contributed by atoms with Crippen LogP contribution in [0.1, 0.15) is 34.8 Å². The van der Waals surface area contributed by atoms with Crippen LogP contribution in [0.5, 0.6) is 0 Å². The van der Waals surface area contributed by atoms with E-state index in [9.17, 15) is 14.0 Å². The molecule has 2 aromatic carbocycles. The first-order valence-electron chi connectivity index (χ1n) is 9.68. The van der Waals surface area contributed by atoms with E-state index in [0.29, 0.717) is 25.1 Å². The zero-order valence-corrected chi connectivity index (χ0v) is 16.0. The van der Waals surface area contributed by atoms with E-state index in [1.807, 2.05) is 24.1 Å². The molecule has 28 heavy (non-hydrogen) atoms. The lowest BCUT2D eigenvalue weighted by atomic mass is 10.0. The Hall–Kier alpha value is -2.73. The number of rotatable bonds is 3. The van der Waals surface area contributed by atoms with Gasteiger partial charge < -0.3 is 9.80 Å². The summed E-state index contributed by atoms with van der Waals surface area (Å²) in [5.41, 5.74) is 2.48. The summed E-state index contributed by atoms with van der Waals surface area (Å²) in [6.07, 6.45) is 1.47. The van der Waals surface area contributed by atoms with Gasteiger partial charge in [-0.3, -0.25) is 14.5 Å². The van der Waals surface area contributed by atoms with Crippen molar-refractivity contribution in [3.05, 3.63) is 65.5 Å². The lowest BCUT2D eigenvalue weighted by molar-refractivity contribution is -0.117. The minimum atomic E-state index is -0.258. The van der Waals surface area contributed by atoms with Crippen LogP contribution in [0.25, 0.3) is 0 Å². The number of likely N-dealkylation sites (N-methyl/N-ethyl adjacent to an activating group) is 1. The van der Waals surface area contributed by atoms with Gasteiger partial charge in [-0.1, -0.05) is 12.1 Å². The van der Waals surface area contributed by atoms with Crippen LogP contribution in [0.2, 0.25) is 0 Å². The maximum Gasteiger partial charge on any atom is 0.253 e. The van der Waals surface area contributed by atoms with E-state index >= 15 is 0 Å². The quantitative estimate of drug-likeness (QED) is 0.821. The van der Waals surface area contributed by atoms with Gasteiger partial charge in [-0.05, 0) is 55.4 Å². The second kappa shape index (κ2) is 7.72. The second-order valence-electron chi connectivity index (χ2n) is 7.49. The van der Waals surface area contributed by atoms with Crippen molar-refractivity contribution in [1.29, 1.82) is 0 Å². The molecule has 0 spiro atoms. The largest absolute Gasteiger partial charge is 0.335 e. The number of carbonyl (C=O) groups excluding carboxylic acids is 2. The molecule has 2 amide bonds. The zero-order valence-electron chi connectivity index (χ0n) is 16.0. The van der Waals surface area contributed by atoms with E-state index in [0.717, 1.165) is 30.8 Å². The molecule has 0 radical (unpaired) electrons. The van der Waals surface area contributed by atoms with Gasteiger partial charge in [-0.25, -0.2) is 4.39 Å². The van der Waals surface area contributed by atoms with Crippen molar-refractivity contribution in [2.24, 2.45) is 0 Å². The third-order valence-corrected chi connectivity index (χ3v) is 5.69. The lowest BCUT2D eigenvalue weighted by Crippen LogP contribution is -2.49. The van der Waals surface area contributed by atoms with Crippen molar-refractivity contribution in [3.8, 4) is 0 Å². The van der Waals surface area contributed by atoms with E-state index in [4.69, 9.17) is 0 Å². The molecule has 2 aliphatic rings. The lowest BCUT2D eigenvalue weighted by Gasteiger charge is -2.39. The topological polar surface area (TPSA) is 43.9 Å². The van der Waals surface area contributed by atoms with Crippen molar-refractivity contribution >= 4 is 17.5 Å². The van der Waals surface area contributed by atoms with Gasteiger partial charge in [0.05, 0.1) is 6.04 Å². The molecule has 5 nitrogen and oxygen atoms in total. The van der Waals surface area contributed by atoms with Crippen LogP contribution in [0.4, 0.5) is 10.1 Å². The fourth-order valence-electron chi connectivity index (χ4n) is 3.99. The van der Waals surface area contributed by atoms with Crippen LogP contribution in [-0.4, -0.2) is 54.8 Å². The number of nitrogens with zero attached hydrogens (tertiary/aromatic N) is 3. The van der Waals surface area contributed by atoms with Gasteiger partial charge in [0.15, 0.2) is 0 Å². The van der Waals surface area contributed by atoms with Crippen LogP contribution >= 0.6 is 0 Å². The second-order valence-corrected chi connectivity index (χ2v) is 7.49. The highest BCUT2D eigenvalue weighted by molar-refractivity contribution is 5.97. The molecular formula is C22H24FN3O2. The van der Waals surface area contributed by atoms with E-state index in [2.05, 4.69) is 4.90 Å². The van der Waals surface area contributed by atoms with Crippen molar-refractivity contribution in [2.45, 2.75) is 18.9 Å². The van der Waals surface area contributed by atoms with Crippen molar-refractivity contribution in [1.82, 2.24) is 9.80 Å². The van der Waals surface area contributed by atoms with Crippen molar-refractivity contribution in [3.63, 3.8) is 0 Å². The number of carbonyl (C=O) groups is 2. The molecule has 0 bridgehead atoms. The molecule has 2 fully saturated rings. The number of hydrogen-bond acceptors (Lipinski definition) is 3. The first-order valence-corrected chi connectivity index (χ1v) is 9.68. The first-order chi connectivity index (χ1) is 13.5. The van der Waals surface area contributed by atoms with Gasteiger partial charge in [-0.15, -0.1) is 0 Å². The Morgan fingerprint density at radius 3 is 2.36 bits per heavy atom. The van der Waals surface area contributed by atoms with Gasteiger partial charge in [0.2, 0.25) is 5.91 Å². The maximum absolute atomic E-state index is 13.2. The average molecular weight is 381 g/mol. The van der Waals surface area contributed by atoms with Gasteiger partial charge in [0.1, 0.15) is 5.82 Å². The number of anilines is 1. The molecule has 1 atom stereocenters. The predicted octanol–water partition coefficient (Wildman–Crippen LogP) is 3.08. The highest BCUT2D eigenvalue weighted by Gasteiger charge is 2.29. The highest BCUT2D eigenvalue weighted by atomic mass is 19.1. The Morgan fingerprint density at radius 2 is 1.71 bits per heavy atom. The zero-order chi connectivity index (χ0) is 19.7. The third kappa shape index (κ3) is 3.64.